The summed E-state index contributed by atoms with van der Waals surface area (Å²) in [5.74, 6) is -1.48. The first kappa shape index (κ1) is 15.1. The molecule has 4 nitrogen and oxygen atoms in total. The lowest BCUT2D eigenvalue weighted by molar-refractivity contribution is -0.139. The van der Waals surface area contributed by atoms with Crippen molar-refractivity contribution in [3.8, 4) is 0 Å². The summed E-state index contributed by atoms with van der Waals surface area (Å²) in [4.78, 5) is 23.9. The van der Waals surface area contributed by atoms with Gasteiger partial charge in [0.15, 0.2) is 0 Å². The molecule has 9 heteroatoms. The quantitative estimate of drug-likeness (QED) is 0.685. The number of pyridine rings is 1. The van der Waals surface area contributed by atoms with E-state index in [1.54, 1.807) is 0 Å². The largest absolute Gasteiger partial charge is 0.462 e. The molecule has 0 aliphatic rings. The Morgan fingerprint density at radius 1 is 1.42 bits per heavy atom. The Balaban J connectivity index is 3.54. The molecule has 1 aromatic rings. The topological polar surface area (TPSA) is 59.2 Å². The van der Waals surface area contributed by atoms with Crippen LogP contribution in [0.3, 0.4) is 0 Å². The van der Waals surface area contributed by atoms with E-state index in [-0.39, 0.29) is 12.7 Å². The lowest BCUT2D eigenvalue weighted by atomic mass is 10.1. The molecule has 0 atom stereocenters. The Kier molecular flexibility index (Phi) is 4.28. The molecule has 0 spiro atoms. The number of esters is 1. The summed E-state index contributed by atoms with van der Waals surface area (Å²) in [5, 5.41) is 0. The molecular weight excluding hydrogens is 277 g/mol. The highest BCUT2D eigenvalue weighted by Gasteiger charge is 2.39. The minimum Gasteiger partial charge on any atom is -0.462 e. The van der Waals surface area contributed by atoms with Gasteiger partial charge in [0.2, 0.25) is 0 Å². The zero-order chi connectivity index (χ0) is 14.8. The number of aromatic nitrogens is 1. The van der Waals surface area contributed by atoms with Crippen LogP contribution < -0.4 is 5.56 Å². The molecule has 0 amide bonds. The first-order chi connectivity index (χ1) is 8.68. The van der Waals surface area contributed by atoms with Gasteiger partial charge in [0.1, 0.15) is 5.56 Å². The molecule has 0 bridgehead atoms. The van der Waals surface area contributed by atoms with Crippen LogP contribution in [0.15, 0.2) is 10.9 Å². The Bertz CT molecular complexity index is 535. The molecule has 0 radical (unpaired) electrons. The highest BCUT2D eigenvalue weighted by molar-refractivity contribution is 5.91. The second-order valence-corrected chi connectivity index (χ2v) is 3.36. The fraction of sp³-hybridized carbons (Fsp3) is 0.400. The maximum atomic E-state index is 12.6. The summed E-state index contributed by atoms with van der Waals surface area (Å²) in [5.41, 5.74) is -5.97. The normalized spacial score (nSPS) is 11.7. The molecule has 1 rings (SSSR count). The van der Waals surface area contributed by atoms with Crippen LogP contribution >= 0.6 is 0 Å². The third-order valence-electron chi connectivity index (χ3n) is 2.07. The number of carbonyl (C=O) groups excluding carboxylic acids is 1. The highest BCUT2D eigenvalue weighted by atomic mass is 19.4. The van der Waals surface area contributed by atoms with Crippen molar-refractivity contribution in [1.82, 2.24) is 4.98 Å². The van der Waals surface area contributed by atoms with E-state index in [0.29, 0.717) is 0 Å². The maximum Gasteiger partial charge on any atom is 0.422 e. The summed E-state index contributed by atoms with van der Waals surface area (Å²) in [6.07, 6.45) is -8.38. The third kappa shape index (κ3) is 3.30. The monoisotopic (exact) mass is 285 g/mol. The molecule has 1 aromatic heterocycles. The van der Waals surface area contributed by atoms with Crippen LogP contribution in [0.1, 0.15) is 35.0 Å². The molecule has 0 aromatic carbocycles. The van der Waals surface area contributed by atoms with E-state index in [2.05, 4.69) is 4.74 Å². The molecule has 0 fully saturated rings. The first-order valence-corrected chi connectivity index (χ1v) is 4.98. The van der Waals surface area contributed by atoms with Gasteiger partial charge in [-0.3, -0.25) is 4.79 Å². The molecule has 106 valence electrons. The lowest BCUT2D eigenvalue weighted by Crippen LogP contribution is -2.28. The Morgan fingerprint density at radius 2 is 2.00 bits per heavy atom. The van der Waals surface area contributed by atoms with E-state index in [1.165, 1.54) is 11.9 Å². The lowest BCUT2D eigenvalue weighted by Gasteiger charge is -2.12. The number of halogens is 5. The molecule has 0 saturated heterocycles. The molecule has 19 heavy (non-hydrogen) atoms. The van der Waals surface area contributed by atoms with Gasteiger partial charge in [0.05, 0.1) is 17.9 Å². The Labute approximate surface area is 103 Å². The predicted octanol–water partition coefficient (Wildman–Crippen LogP) is 2.51. The number of ether oxygens (including phenoxy) is 1. The van der Waals surface area contributed by atoms with Gasteiger partial charge in [0.25, 0.3) is 12.0 Å². The van der Waals surface area contributed by atoms with Crippen molar-refractivity contribution in [3.05, 3.63) is 33.2 Å². The molecule has 1 N–H and O–H groups in total. The molecule has 0 unspecified atom stereocenters. The highest BCUT2D eigenvalue weighted by Crippen LogP contribution is 2.30. The van der Waals surface area contributed by atoms with Crippen LogP contribution in [0, 0.1) is 0 Å². The van der Waals surface area contributed by atoms with Crippen molar-refractivity contribution in [3.63, 3.8) is 0 Å². The Hall–Kier alpha value is -1.93. The van der Waals surface area contributed by atoms with E-state index in [0.717, 1.165) is 0 Å². The van der Waals surface area contributed by atoms with Crippen molar-refractivity contribution in [2.24, 2.45) is 0 Å². The van der Waals surface area contributed by atoms with Crippen LogP contribution in [-0.4, -0.2) is 17.6 Å². The third-order valence-corrected chi connectivity index (χ3v) is 2.07. The number of nitrogens with one attached hydrogen (secondary N) is 1. The van der Waals surface area contributed by atoms with Crippen molar-refractivity contribution in [2.75, 3.05) is 6.61 Å². The number of hydrogen-bond donors (Lipinski definition) is 1. The fourth-order valence-corrected chi connectivity index (χ4v) is 1.35. The number of hydrogen-bond acceptors (Lipinski definition) is 3. The van der Waals surface area contributed by atoms with Gasteiger partial charge < -0.3 is 9.72 Å². The van der Waals surface area contributed by atoms with Crippen LogP contribution in [-0.2, 0) is 10.9 Å². The van der Waals surface area contributed by atoms with Crippen molar-refractivity contribution < 1.29 is 31.5 Å². The predicted molar refractivity (Wildman–Crippen MR) is 53.0 cm³/mol. The van der Waals surface area contributed by atoms with E-state index >= 15 is 0 Å². The van der Waals surface area contributed by atoms with Gasteiger partial charge in [-0.1, -0.05) is 0 Å². The Morgan fingerprint density at radius 3 is 2.42 bits per heavy atom. The number of alkyl halides is 5. The van der Waals surface area contributed by atoms with Gasteiger partial charge in [-0.15, -0.1) is 0 Å². The molecule has 0 aliphatic heterocycles. The summed E-state index contributed by atoms with van der Waals surface area (Å²) in [6, 6.07) is 0.271. The summed E-state index contributed by atoms with van der Waals surface area (Å²) < 4.78 is 67.0. The van der Waals surface area contributed by atoms with E-state index < -0.39 is 41.0 Å². The average Bonchev–Trinajstić information content (AvgIpc) is 2.26. The number of rotatable bonds is 3. The van der Waals surface area contributed by atoms with Gasteiger partial charge in [-0.25, -0.2) is 13.6 Å². The minimum atomic E-state index is -5.16. The van der Waals surface area contributed by atoms with Gasteiger partial charge >= 0.3 is 12.1 Å². The van der Waals surface area contributed by atoms with Crippen LogP contribution in [0.2, 0.25) is 0 Å². The first-order valence-electron chi connectivity index (χ1n) is 4.98. The molecule has 0 saturated carbocycles. The van der Waals surface area contributed by atoms with E-state index in [4.69, 9.17) is 0 Å². The second kappa shape index (κ2) is 5.37. The molecular formula is C10H8F5NO3. The standard InChI is InChI=1S/C10H8F5NO3/c1-2-19-9(18)4-3-5(7(11)12)16-8(17)6(4)10(13,14)15/h3,7H,2H2,1H3,(H,16,17). The average molecular weight is 285 g/mol. The van der Waals surface area contributed by atoms with E-state index in [1.807, 2.05) is 0 Å². The van der Waals surface area contributed by atoms with Gasteiger partial charge in [-0.2, -0.15) is 13.2 Å². The van der Waals surface area contributed by atoms with E-state index in [9.17, 15) is 31.5 Å². The number of aromatic amines is 1. The molecule has 0 aliphatic carbocycles. The SMILES string of the molecule is CCOC(=O)c1cc(C(F)F)[nH]c(=O)c1C(F)(F)F. The van der Waals surface area contributed by atoms with Crippen LogP contribution in [0.25, 0.3) is 0 Å². The van der Waals surface area contributed by atoms with Crippen molar-refractivity contribution in [2.45, 2.75) is 19.5 Å². The maximum absolute atomic E-state index is 12.6. The fourth-order valence-electron chi connectivity index (χ4n) is 1.35. The summed E-state index contributed by atoms with van der Waals surface area (Å²) >= 11 is 0. The van der Waals surface area contributed by atoms with Gasteiger partial charge in [0, 0.05) is 0 Å². The summed E-state index contributed by atoms with van der Waals surface area (Å²) in [6.45, 7) is 1.07. The second-order valence-electron chi connectivity index (χ2n) is 3.36. The zero-order valence-electron chi connectivity index (χ0n) is 9.48. The minimum absolute atomic E-state index is 0.257. The smallest absolute Gasteiger partial charge is 0.422 e. The number of carbonyl (C=O) groups is 1. The van der Waals surface area contributed by atoms with Crippen LogP contribution in [0.5, 0.6) is 0 Å². The van der Waals surface area contributed by atoms with Crippen molar-refractivity contribution >= 4 is 5.97 Å². The molecule has 1 heterocycles. The van der Waals surface area contributed by atoms with Gasteiger partial charge in [-0.05, 0) is 13.0 Å². The van der Waals surface area contributed by atoms with Crippen molar-refractivity contribution in [1.29, 1.82) is 0 Å². The van der Waals surface area contributed by atoms with Crippen LogP contribution in [0.4, 0.5) is 22.0 Å². The zero-order valence-corrected chi connectivity index (χ0v) is 9.48. The number of H-pyrrole nitrogens is 1. The summed E-state index contributed by atoms with van der Waals surface area (Å²) in [7, 11) is 0.